The Kier molecular flexibility index (Phi) is 9.01. The number of piperazine rings is 1. The number of carbonyl (C=O) groups excluding carboxylic acids is 1. The second-order valence-corrected chi connectivity index (χ2v) is 7.48. The predicted octanol–water partition coefficient (Wildman–Crippen LogP) is 2.15. The molecule has 1 N–H and O–H groups in total. The van der Waals surface area contributed by atoms with Crippen molar-refractivity contribution >= 4 is 17.9 Å². The fourth-order valence-electron chi connectivity index (χ4n) is 2.89. The highest BCUT2D eigenvalue weighted by atomic mass is 16.2. The van der Waals surface area contributed by atoms with Gasteiger partial charge >= 0.3 is 0 Å². The van der Waals surface area contributed by atoms with Crippen LogP contribution in [0, 0.1) is 0 Å². The zero-order chi connectivity index (χ0) is 20.4. The van der Waals surface area contributed by atoms with Gasteiger partial charge in [-0.05, 0) is 18.9 Å². The van der Waals surface area contributed by atoms with Crippen LogP contribution in [0.4, 0.5) is 0 Å². The topological polar surface area (TPSA) is 51.2 Å². The third kappa shape index (κ3) is 7.35. The summed E-state index contributed by atoms with van der Waals surface area (Å²) in [5.41, 5.74) is 1.24. The van der Waals surface area contributed by atoms with E-state index in [2.05, 4.69) is 70.4 Å². The van der Waals surface area contributed by atoms with Crippen molar-refractivity contribution in [1.29, 1.82) is 0 Å². The molecule has 6 heteroatoms. The lowest BCUT2D eigenvalue weighted by Gasteiger charge is -2.37. The standard InChI is InChI=1S/C22H35N5O/c1-5-19(2)24-22(23-18-21(28)25(3)4)27-16-14-26(15-17-27)13-9-12-20-10-7-6-8-11-20/h6-12,19H,5,13-18H2,1-4H3,(H,23,24)/b12-9+. The molecule has 0 aliphatic carbocycles. The number of likely N-dealkylation sites (N-methyl/N-ethyl adjacent to an activating group) is 1. The smallest absolute Gasteiger partial charge is 0.243 e. The van der Waals surface area contributed by atoms with Crippen molar-refractivity contribution in [2.75, 3.05) is 53.4 Å². The monoisotopic (exact) mass is 385 g/mol. The van der Waals surface area contributed by atoms with Crippen LogP contribution in [0.15, 0.2) is 41.4 Å². The highest BCUT2D eigenvalue weighted by Gasteiger charge is 2.20. The third-order valence-corrected chi connectivity index (χ3v) is 5.00. The van der Waals surface area contributed by atoms with E-state index in [1.165, 1.54) is 5.56 Å². The molecule has 28 heavy (non-hydrogen) atoms. The number of aliphatic imine (C=N–C) groups is 1. The van der Waals surface area contributed by atoms with E-state index in [0.29, 0.717) is 6.04 Å². The summed E-state index contributed by atoms with van der Waals surface area (Å²) in [4.78, 5) is 22.8. The number of amides is 1. The van der Waals surface area contributed by atoms with Gasteiger partial charge < -0.3 is 15.1 Å². The van der Waals surface area contributed by atoms with Crippen molar-refractivity contribution in [2.45, 2.75) is 26.3 Å². The van der Waals surface area contributed by atoms with Crippen LogP contribution < -0.4 is 5.32 Å². The number of benzene rings is 1. The minimum absolute atomic E-state index is 0.0214. The summed E-state index contributed by atoms with van der Waals surface area (Å²) in [6.45, 7) is 9.24. The molecule has 1 aliphatic heterocycles. The first-order valence-electron chi connectivity index (χ1n) is 10.2. The van der Waals surface area contributed by atoms with E-state index in [1.54, 1.807) is 19.0 Å². The number of carbonyl (C=O) groups is 1. The fourth-order valence-corrected chi connectivity index (χ4v) is 2.89. The Bertz CT molecular complexity index is 648. The second-order valence-electron chi connectivity index (χ2n) is 7.48. The number of rotatable bonds is 7. The van der Waals surface area contributed by atoms with E-state index in [9.17, 15) is 4.79 Å². The predicted molar refractivity (Wildman–Crippen MR) is 117 cm³/mol. The maximum Gasteiger partial charge on any atom is 0.243 e. The van der Waals surface area contributed by atoms with Crippen molar-refractivity contribution in [3.63, 3.8) is 0 Å². The summed E-state index contributed by atoms with van der Waals surface area (Å²) in [7, 11) is 3.53. The zero-order valence-electron chi connectivity index (χ0n) is 17.8. The summed E-state index contributed by atoms with van der Waals surface area (Å²) >= 11 is 0. The zero-order valence-corrected chi connectivity index (χ0v) is 17.8. The average Bonchev–Trinajstić information content (AvgIpc) is 2.72. The largest absolute Gasteiger partial charge is 0.354 e. The maximum absolute atomic E-state index is 11.9. The van der Waals surface area contributed by atoms with E-state index in [4.69, 9.17) is 0 Å². The van der Waals surface area contributed by atoms with Crippen LogP contribution in [0.1, 0.15) is 25.8 Å². The first-order valence-corrected chi connectivity index (χ1v) is 10.2. The molecule has 1 saturated heterocycles. The van der Waals surface area contributed by atoms with E-state index in [1.807, 2.05) is 6.07 Å². The van der Waals surface area contributed by atoms with E-state index in [-0.39, 0.29) is 12.5 Å². The molecule has 1 aromatic carbocycles. The van der Waals surface area contributed by atoms with Gasteiger partial charge in [0.15, 0.2) is 5.96 Å². The van der Waals surface area contributed by atoms with E-state index in [0.717, 1.165) is 45.1 Å². The van der Waals surface area contributed by atoms with Crippen molar-refractivity contribution in [3.05, 3.63) is 42.0 Å². The van der Waals surface area contributed by atoms with Gasteiger partial charge in [-0.15, -0.1) is 0 Å². The van der Waals surface area contributed by atoms with Gasteiger partial charge in [0.2, 0.25) is 5.91 Å². The number of hydrogen-bond donors (Lipinski definition) is 1. The van der Waals surface area contributed by atoms with Crippen LogP contribution in [0.2, 0.25) is 0 Å². The van der Waals surface area contributed by atoms with Crippen LogP contribution in [0.25, 0.3) is 6.08 Å². The normalized spacial score (nSPS) is 17.0. The Balaban J connectivity index is 1.88. The fraction of sp³-hybridized carbons (Fsp3) is 0.545. The van der Waals surface area contributed by atoms with Gasteiger partial charge in [0.1, 0.15) is 6.54 Å². The molecule has 154 valence electrons. The minimum Gasteiger partial charge on any atom is -0.354 e. The lowest BCUT2D eigenvalue weighted by molar-refractivity contribution is -0.127. The minimum atomic E-state index is 0.0214. The van der Waals surface area contributed by atoms with Gasteiger partial charge in [-0.3, -0.25) is 9.69 Å². The molecule has 2 rings (SSSR count). The van der Waals surface area contributed by atoms with Crippen LogP contribution in [0.5, 0.6) is 0 Å². The van der Waals surface area contributed by atoms with Crippen molar-refractivity contribution in [3.8, 4) is 0 Å². The van der Waals surface area contributed by atoms with E-state index < -0.39 is 0 Å². The molecule has 0 radical (unpaired) electrons. The molecular weight excluding hydrogens is 350 g/mol. The highest BCUT2D eigenvalue weighted by molar-refractivity contribution is 5.85. The molecule has 1 amide bonds. The van der Waals surface area contributed by atoms with Gasteiger partial charge in [-0.2, -0.15) is 0 Å². The Morgan fingerprint density at radius 3 is 2.50 bits per heavy atom. The highest BCUT2D eigenvalue weighted by Crippen LogP contribution is 2.06. The van der Waals surface area contributed by atoms with Crippen LogP contribution in [-0.2, 0) is 4.79 Å². The first-order chi connectivity index (χ1) is 13.5. The Morgan fingerprint density at radius 2 is 1.89 bits per heavy atom. The molecule has 1 heterocycles. The summed E-state index contributed by atoms with van der Waals surface area (Å²) in [5, 5.41) is 3.48. The third-order valence-electron chi connectivity index (χ3n) is 5.00. The van der Waals surface area contributed by atoms with Gasteiger partial charge in [0.05, 0.1) is 0 Å². The Labute approximate surface area is 169 Å². The first kappa shape index (κ1) is 22.0. The summed E-state index contributed by atoms with van der Waals surface area (Å²) in [6, 6.07) is 10.7. The van der Waals surface area contributed by atoms with Crippen molar-refractivity contribution in [1.82, 2.24) is 20.0 Å². The molecule has 0 saturated carbocycles. The molecular formula is C22H35N5O. The summed E-state index contributed by atoms with van der Waals surface area (Å²) < 4.78 is 0. The van der Waals surface area contributed by atoms with Crippen molar-refractivity contribution < 1.29 is 4.79 Å². The number of hydrogen-bond acceptors (Lipinski definition) is 3. The lowest BCUT2D eigenvalue weighted by atomic mass is 10.2. The molecule has 0 aromatic heterocycles. The van der Waals surface area contributed by atoms with Gasteiger partial charge in [-0.1, -0.05) is 49.4 Å². The number of nitrogens with zero attached hydrogens (tertiary/aromatic N) is 4. The summed E-state index contributed by atoms with van der Waals surface area (Å²) in [5.74, 6) is 0.872. The molecule has 0 spiro atoms. The quantitative estimate of drug-likeness (QED) is 0.577. The molecule has 1 fully saturated rings. The molecule has 1 aromatic rings. The molecule has 1 unspecified atom stereocenters. The SMILES string of the molecule is CCC(C)NC(=NCC(=O)N(C)C)N1CCN(C/C=C/c2ccccc2)CC1. The Hall–Kier alpha value is -2.34. The van der Waals surface area contributed by atoms with Gasteiger partial charge in [-0.25, -0.2) is 4.99 Å². The van der Waals surface area contributed by atoms with Crippen LogP contribution >= 0.6 is 0 Å². The Morgan fingerprint density at radius 1 is 1.21 bits per heavy atom. The van der Waals surface area contributed by atoms with Gasteiger partial charge in [0.25, 0.3) is 0 Å². The van der Waals surface area contributed by atoms with Crippen molar-refractivity contribution in [2.24, 2.45) is 4.99 Å². The van der Waals surface area contributed by atoms with E-state index >= 15 is 0 Å². The second kappa shape index (κ2) is 11.5. The molecule has 1 atom stereocenters. The molecule has 0 bridgehead atoms. The summed E-state index contributed by atoms with van der Waals surface area (Å²) in [6.07, 6.45) is 5.43. The van der Waals surface area contributed by atoms with Gasteiger partial charge in [0, 0.05) is 52.9 Å². The van der Waals surface area contributed by atoms with Crippen LogP contribution in [0.3, 0.4) is 0 Å². The lowest BCUT2D eigenvalue weighted by Crippen LogP contribution is -2.54. The molecule has 1 aliphatic rings. The average molecular weight is 386 g/mol. The number of guanidine groups is 1. The van der Waals surface area contributed by atoms with Crippen LogP contribution in [-0.4, -0.2) is 86.0 Å². The number of nitrogens with one attached hydrogen (secondary N) is 1. The molecule has 6 nitrogen and oxygen atoms in total. The maximum atomic E-state index is 11.9.